The number of nitrogens with zero attached hydrogens (tertiary/aromatic N) is 1. The zero-order valence-electron chi connectivity index (χ0n) is 9.36. The molecule has 1 aromatic heterocycles. The van der Waals surface area contributed by atoms with Crippen molar-refractivity contribution in [3.8, 4) is 0 Å². The average molecular weight is 444 g/mol. The predicted molar refractivity (Wildman–Crippen MR) is 55.7 cm³/mol. The van der Waals surface area contributed by atoms with Crippen LogP contribution in [0, 0.1) is 6.92 Å². The Bertz CT molecular complexity index is 207. The van der Waals surface area contributed by atoms with Gasteiger partial charge in [0.2, 0.25) is 0 Å². The van der Waals surface area contributed by atoms with Crippen LogP contribution in [0.15, 0.2) is 24.5 Å². The van der Waals surface area contributed by atoms with E-state index in [1.54, 1.807) is 12.4 Å². The Morgan fingerprint density at radius 3 is 1.69 bits per heavy atom. The van der Waals surface area contributed by atoms with Gasteiger partial charge in [-0.05, 0) is 50.6 Å². The van der Waals surface area contributed by atoms with Crippen LogP contribution < -0.4 is 30.1 Å². The van der Waals surface area contributed by atoms with Gasteiger partial charge in [-0.3, -0.25) is 4.98 Å². The number of rotatable bonds is 0. The Morgan fingerprint density at radius 2 is 1.50 bits per heavy atom. The largest absolute Gasteiger partial charge is 2.00 e. The first-order valence-corrected chi connectivity index (χ1v) is 4.97. The third-order valence-corrected chi connectivity index (χ3v) is 2.05. The van der Waals surface area contributed by atoms with Gasteiger partial charge in [-0.25, -0.2) is 0 Å². The second-order valence-electron chi connectivity index (χ2n) is 3.34. The molecular weight excluding hydrogens is 426 g/mol. The Morgan fingerprint density at radius 1 is 1.00 bits per heavy atom. The SMILES string of the molecule is C1CCNCC1.Cc1ccncc1.[Cl-].[Cl-].[Pt+2]. The van der Waals surface area contributed by atoms with Gasteiger partial charge in [0, 0.05) is 12.4 Å². The van der Waals surface area contributed by atoms with Crippen LogP contribution in [0.1, 0.15) is 24.8 Å². The molecule has 0 unspecified atom stereocenters. The zero-order valence-corrected chi connectivity index (χ0v) is 13.1. The van der Waals surface area contributed by atoms with Crippen molar-refractivity contribution in [2.45, 2.75) is 26.2 Å². The molecule has 16 heavy (non-hydrogen) atoms. The number of hydrogen-bond acceptors (Lipinski definition) is 2. The third-order valence-electron chi connectivity index (χ3n) is 2.05. The molecule has 0 aliphatic carbocycles. The topological polar surface area (TPSA) is 24.9 Å². The number of hydrogen-bond donors (Lipinski definition) is 1. The maximum Gasteiger partial charge on any atom is 2.00 e. The monoisotopic (exact) mass is 443 g/mol. The summed E-state index contributed by atoms with van der Waals surface area (Å²) in [6.07, 6.45) is 7.79. The van der Waals surface area contributed by atoms with Gasteiger partial charge < -0.3 is 30.1 Å². The van der Waals surface area contributed by atoms with E-state index in [2.05, 4.69) is 10.3 Å². The van der Waals surface area contributed by atoms with E-state index in [4.69, 9.17) is 0 Å². The molecule has 0 atom stereocenters. The number of halogens is 2. The van der Waals surface area contributed by atoms with Crippen molar-refractivity contribution in [3.63, 3.8) is 0 Å². The first kappa shape index (κ1) is 21.6. The van der Waals surface area contributed by atoms with E-state index >= 15 is 0 Å². The molecule has 1 N–H and O–H groups in total. The Labute approximate surface area is 125 Å². The van der Waals surface area contributed by atoms with Crippen molar-refractivity contribution in [2.24, 2.45) is 0 Å². The van der Waals surface area contributed by atoms with Crippen LogP contribution in [-0.2, 0) is 21.1 Å². The molecule has 2 nitrogen and oxygen atoms in total. The molecule has 2 rings (SSSR count). The number of aryl methyl sites for hydroxylation is 1. The molecule has 0 amide bonds. The number of piperidine rings is 1. The Balaban J connectivity index is -0.000000179. The predicted octanol–water partition coefficient (Wildman–Crippen LogP) is -3.84. The minimum atomic E-state index is 0. The van der Waals surface area contributed by atoms with Gasteiger partial charge in [-0.1, -0.05) is 6.42 Å². The van der Waals surface area contributed by atoms with Crippen molar-refractivity contribution >= 4 is 0 Å². The van der Waals surface area contributed by atoms with E-state index in [1.165, 1.54) is 37.9 Å². The molecular formula is C11H18Cl2N2Pt. The van der Waals surface area contributed by atoms with E-state index in [-0.39, 0.29) is 45.9 Å². The molecule has 0 bridgehead atoms. The summed E-state index contributed by atoms with van der Waals surface area (Å²) >= 11 is 0. The van der Waals surface area contributed by atoms with Gasteiger partial charge in [0.05, 0.1) is 0 Å². The normalized spacial score (nSPS) is 12.8. The van der Waals surface area contributed by atoms with E-state index in [1.807, 2.05) is 19.1 Å². The van der Waals surface area contributed by atoms with Crippen molar-refractivity contribution in [3.05, 3.63) is 30.1 Å². The molecule has 0 saturated carbocycles. The van der Waals surface area contributed by atoms with Gasteiger partial charge in [0.1, 0.15) is 0 Å². The number of pyridine rings is 1. The summed E-state index contributed by atoms with van der Waals surface area (Å²) in [4.78, 5) is 3.85. The van der Waals surface area contributed by atoms with Crippen molar-refractivity contribution in [1.82, 2.24) is 10.3 Å². The minimum absolute atomic E-state index is 0. The standard InChI is InChI=1S/C6H7N.C5H11N.2ClH.Pt/c1-6-2-4-7-5-3-6;1-2-4-6-5-3-1;;;/h2-5H,1H3;6H,1-5H2;2*1H;/q;;;;+2/p-2. The van der Waals surface area contributed by atoms with Crippen LogP contribution in [-0.4, -0.2) is 18.1 Å². The minimum Gasteiger partial charge on any atom is -1.00 e. The second kappa shape index (κ2) is 15.4. The molecule has 0 aromatic carbocycles. The van der Waals surface area contributed by atoms with Crippen molar-refractivity contribution < 1.29 is 45.9 Å². The summed E-state index contributed by atoms with van der Waals surface area (Å²) in [7, 11) is 0. The Hall–Kier alpha value is 0.378. The van der Waals surface area contributed by atoms with Crippen LogP contribution in [0.3, 0.4) is 0 Å². The molecule has 1 aliphatic rings. The smallest absolute Gasteiger partial charge is 1.00 e. The molecule has 1 aliphatic heterocycles. The summed E-state index contributed by atoms with van der Waals surface area (Å²) in [5.74, 6) is 0. The third kappa shape index (κ3) is 12.4. The van der Waals surface area contributed by atoms with Crippen LogP contribution in [0.25, 0.3) is 0 Å². The first-order chi connectivity index (χ1) is 6.39. The molecule has 1 fully saturated rings. The number of nitrogens with one attached hydrogen (secondary N) is 1. The average Bonchev–Trinajstić information content (AvgIpc) is 2.22. The van der Waals surface area contributed by atoms with Crippen LogP contribution in [0.5, 0.6) is 0 Å². The van der Waals surface area contributed by atoms with Gasteiger partial charge in [0.15, 0.2) is 0 Å². The summed E-state index contributed by atoms with van der Waals surface area (Å²) < 4.78 is 0. The van der Waals surface area contributed by atoms with Crippen LogP contribution in [0.2, 0.25) is 0 Å². The fourth-order valence-electron chi connectivity index (χ4n) is 1.23. The number of aromatic nitrogens is 1. The van der Waals surface area contributed by atoms with Crippen LogP contribution >= 0.6 is 0 Å². The summed E-state index contributed by atoms with van der Waals surface area (Å²) in [5, 5.41) is 3.28. The van der Waals surface area contributed by atoms with Crippen LogP contribution in [0.4, 0.5) is 0 Å². The second-order valence-corrected chi connectivity index (χ2v) is 3.34. The van der Waals surface area contributed by atoms with E-state index in [0.717, 1.165) is 0 Å². The summed E-state index contributed by atoms with van der Waals surface area (Å²) in [6, 6.07) is 3.94. The van der Waals surface area contributed by atoms with E-state index in [0.29, 0.717) is 0 Å². The zero-order chi connectivity index (χ0) is 9.36. The maximum atomic E-state index is 3.85. The fraction of sp³-hybridized carbons (Fsp3) is 0.545. The molecule has 1 aromatic rings. The Kier molecular flexibility index (Phi) is 20.8. The fourth-order valence-corrected chi connectivity index (χ4v) is 1.23. The van der Waals surface area contributed by atoms with Crippen molar-refractivity contribution in [1.29, 1.82) is 0 Å². The molecule has 2 heterocycles. The summed E-state index contributed by atoms with van der Waals surface area (Å²) in [6.45, 7) is 4.54. The van der Waals surface area contributed by atoms with E-state index < -0.39 is 0 Å². The first-order valence-electron chi connectivity index (χ1n) is 4.97. The molecule has 0 spiro atoms. The van der Waals surface area contributed by atoms with Gasteiger partial charge in [-0.2, -0.15) is 0 Å². The van der Waals surface area contributed by atoms with Gasteiger partial charge in [0.25, 0.3) is 0 Å². The molecule has 96 valence electrons. The molecule has 1 saturated heterocycles. The van der Waals surface area contributed by atoms with Gasteiger partial charge in [-0.15, -0.1) is 0 Å². The van der Waals surface area contributed by atoms with E-state index in [9.17, 15) is 0 Å². The molecule has 5 heteroatoms. The van der Waals surface area contributed by atoms with Crippen molar-refractivity contribution in [2.75, 3.05) is 13.1 Å². The summed E-state index contributed by atoms with van der Waals surface area (Å²) in [5.41, 5.74) is 1.26. The molecule has 0 radical (unpaired) electrons. The maximum absolute atomic E-state index is 3.85. The quantitative estimate of drug-likeness (QED) is 0.444. The van der Waals surface area contributed by atoms with Gasteiger partial charge >= 0.3 is 21.1 Å².